The van der Waals surface area contributed by atoms with Crippen molar-refractivity contribution in [2.75, 3.05) is 18.5 Å². The fraction of sp³-hybridized carbons (Fsp3) is 0.333. The van der Waals surface area contributed by atoms with Crippen molar-refractivity contribution in [2.24, 2.45) is 0 Å². The molecule has 112 valence electrons. The fourth-order valence-electron chi connectivity index (χ4n) is 1.88. The molecule has 1 N–H and O–H groups in total. The summed E-state index contributed by atoms with van der Waals surface area (Å²) in [6.07, 6.45) is 0. The molecule has 0 atom stereocenters. The summed E-state index contributed by atoms with van der Waals surface area (Å²) in [5.74, 6) is 2.71. The lowest BCUT2D eigenvalue weighted by Gasteiger charge is -2.14. The van der Waals surface area contributed by atoms with Gasteiger partial charge in [-0.3, -0.25) is 0 Å². The summed E-state index contributed by atoms with van der Waals surface area (Å²) in [7, 11) is 0. The SMILES string of the molecule is CCOc1ccc(OCC)c(Nc2cc(Cl)nc(C)n2)c1. The van der Waals surface area contributed by atoms with Crippen molar-refractivity contribution >= 4 is 23.1 Å². The molecule has 0 saturated carbocycles. The minimum Gasteiger partial charge on any atom is -0.494 e. The molecular weight excluding hydrogens is 290 g/mol. The van der Waals surface area contributed by atoms with Crippen molar-refractivity contribution in [3.8, 4) is 11.5 Å². The van der Waals surface area contributed by atoms with E-state index in [-0.39, 0.29) is 0 Å². The Morgan fingerprint density at radius 2 is 1.86 bits per heavy atom. The van der Waals surface area contributed by atoms with E-state index in [1.165, 1.54) is 0 Å². The van der Waals surface area contributed by atoms with E-state index in [0.717, 1.165) is 17.2 Å². The van der Waals surface area contributed by atoms with Crippen LogP contribution in [0.3, 0.4) is 0 Å². The largest absolute Gasteiger partial charge is 0.494 e. The van der Waals surface area contributed by atoms with Gasteiger partial charge < -0.3 is 14.8 Å². The zero-order chi connectivity index (χ0) is 15.2. The topological polar surface area (TPSA) is 56.3 Å². The molecule has 0 aliphatic carbocycles. The number of halogens is 1. The third-order valence-electron chi connectivity index (χ3n) is 2.63. The number of nitrogens with zero attached hydrogens (tertiary/aromatic N) is 2. The van der Waals surface area contributed by atoms with Crippen molar-refractivity contribution in [1.82, 2.24) is 9.97 Å². The summed E-state index contributed by atoms with van der Waals surface area (Å²) in [6, 6.07) is 7.28. The molecule has 2 aromatic rings. The average Bonchev–Trinajstić information content (AvgIpc) is 2.41. The maximum absolute atomic E-state index is 5.95. The highest BCUT2D eigenvalue weighted by atomic mass is 35.5. The maximum atomic E-state index is 5.95. The Morgan fingerprint density at radius 3 is 2.52 bits per heavy atom. The molecule has 1 heterocycles. The minimum absolute atomic E-state index is 0.393. The number of hydrogen-bond acceptors (Lipinski definition) is 5. The van der Waals surface area contributed by atoms with Crippen LogP contribution in [0.2, 0.25) is 5.15 Å². The molecule has 0 aliphatic rings. The number of benzene rings is 1. The van der Waals surface area contributed by atoms with Crippen LogP contribution in [0.1, 0.15) is 19.7 Å². The maximum Gasteiger partial charge on any atom is 0.143 e. The van der Waals surface area contributed by atoms with Gasteiger partial charge in [0.25, 0.3) is 0 Å². The van der Waals surface area contributed by atoms with Gasteiger partial charge >= 0.3 is 0 Å². The van der Waals surface area contributed by atoms with Crippen LogP contribution in [-0.2, 0) is 0 Å². The van der Waals surface area contributed by atoms with E-state index in [9.17, 15) is 0 Å². The van der Waals surface area contributed by atoms with Crippen LogP contribution in [-0.4, -0.2) is 23.2 Å². The van der Waals surface area contributed by atoms with Crippen LogP contribution in [0, 0.1) is 6.92 Å². The summed E-state index contributed by atoms with van der Waals surface area (Å²) in [6.45, 7) is 6.85. The van der Waals surface area contributed by atoms with Crippen LogP contribution in [0.4, 0.5) is 11.5 Å². The lowest BCUT2D eigenvalue weighted by molar-refractivity contribution is 0.332. The zero-order valence-electron chi connectivity index (χ0n) is 12.3. The van der Waals surface area contributed by atoms with Crippen LogP contribution >= 0.6 is 11.6 Å². The highest BCUT2D eigenvalue weighted by Crippen LogP contribution is 2.31. The first-order valence-electron chi connectivity index (χ1n) is 6.80. The molecular formula is C15H18ClN3O2. The Bertz CT molecular complexity index is 600. The first-order valence-corrected chi connectivity index (χ1v) is 7.18. The Kier molecular flexibility index (Phi) is 5.22. The first kappa shape index (κ1) is 15.4. The van der Waals surface area contributed by atoms with Crippen LogP contribution in [0.15, 0.2) is 24.3 Å². The molecule has 21 heavy (non-hydrogen) atoms. The number of hydrogen-bond donors (Lipinski definition) is 1. The number of rotatable bonds is 6. The zero-order valence-corrected chi connectivity index (χ0v) is 13.1. The Morgan fingerprint density at radius 1 is 1.10 bits per heavy atom. The first-order chi connectivity index (χ1) is 10.1. The van der Waals surface area contributed by atoms with Gasteiger partial charge in [0, 0.05) is 12.1 Å². The van der Waals surface area contributed by atoms with Crippen LogP contribution in [0.5, 0.6) is 11.5 Å². The predicted molar refractivity (Wildman–Crippen MR) is 83.8 cm³/mol. The number of aromatic nitrogens is 2. The van der Waals surface area contributed by atoms with Gasteiger partial charge in [0.2, 0.25) is 0 Å². The Labute approximate surface area is 129 Å². The van der Waals surface area contributed by atoms with Gasteiger partial charge in [0.1, 0.15) is 28.3 Å². The lowest BCUT2D eigenvalue weighted by Crippen LogP contribution is -2.02. The van der Waals surface area contributed by atoms with Gasteiger partial charge in [0.15, 0.2) is 0 Å². The fourth-order valence-corrected chi connectivity index (χ4v) is 2.10. The number of nitrogens with one attached hydrogen (secondary N) is 1. The van der Waals surface area contributed by atoms with E-state index in [1.54, 1.807) is 13.0 Å². The minimum atomic E-state index is 0.393. The van der Waals surface area contributed by atoms with Gasteiger partial charge in [-0.1, -0.05) is 11.6 Å². The van der Waals surface area contributed by atoms with Crippen molar-refractivity contribution in [3.63, 3.8) is 0 Å². The number of anilines is 2. The molecule has 0 saturated heterocycles. The van der Waals surface area contributed by atoms with Crippen molar-refractivity contribution in [1.29, 1.82) is 0 Å². The summed E-state index contributed by atoms with van der Waals surface area (Å²) < 4.78 is 11.1. The van der Waals surface area contributed by atoms with Gasteiger partial charge in [-0.05, 0) is 32.9 Å². The van der Waals surface area contributed by atoms with E-state index >= 15 is 0 Å². The quantitative estimate of drug-likeness (QED) is 0.818. The molecule has 0 bridgehead atoms. The number of aryl methyl sites for hydroxylation is 1. The number of ether oxygens (including phenoxy) is 2. The molecule has 1 aromatic carbocycles. The molecule has 6 heteroatoms. The van der Waals surface area contributed by atoms with Crippen LogP contribution in [0.25, 0.3) is 0 Å². The smallest absolute Gasteiger partial charge is 0.143 e. The molecule has 0 spiro atoms. The van der Waals surface area contributed by atoms with E-state index < -0.39 is 0 Å². The highest BCUT2D eigenvalue weighted by molar-refractivity contribution is 6.29. The Hall–Kier alpha value is -2.01. The molecule has 1 aromatic heterocycles. The van der Waals surface area contributed by atoms with E-state index in [0.29, 0.717) is 30.0 Å². The van der Waals surface area contributed by atoms with Gasteiger partial charge in [-0.15, -0.1) is 0 Å². The molecule has 0 amide bonds. The van der Waals surface area contributed by atoms with Gasteiger partial charge in [0.05, 0.1) is 18.9 Å². The third kappa shape index (κ3) is 4.23. The standard InChI is InChI=1S/C15H18ClN3O2/c1-4-20-11-6-7-13(21-5-2)12(8-11)19-15-9-14(16)17-10(3)18-15/h6-9H,4-5H2,1-3H3,(H,17,18,19). The molecule has 0 fully saturated rings. The van der Waals surface area contributed by atoms with Crippen LogP contribution < -0.4 is 14.8 Å². The molecule has 2 rings (SSSR count). The van der Waals surface area contributed by atoms with E-state index in [1.807, 2.05) is 32.0 Å². The van der Waals surface area contributed by atoms with Gasteiger partial charge in [-0.25, -0.2) is 9.97 Å². The lowest BCUT2D eigenvalue weighted by atomic mass is 10.2. The normalized spacial score (nSPS) is 10.3. The Balaban J connectivity index is 2.32. The monoisotopic (exact) mass is 307 g/mol. The predicted octanol–water partition coefficient (Wildman–Crippen LogP) is 3.98. The highest BCUT2D eigenvalue weighted by Gasteiger charge is 2.08. The van der Waals surface area contributed by atoms with E-state index in [4.69, 9.17) is 21.1 Å². The second kappa shape index (κ2) is 7.13. The molecule has 0 aliphatic heterocycles. The molecule has 0 unspecified atom stereocenters. The van der Waals surface area contributed by atoms with Crippen molar-refractivity contribution < 1.29 is 9.47 Å². The summed E-state index contributed by atoms with van der Waals surface area (Å²) >= 11 is 5.95. The summed E-state index contributed by atoms with van der Waals surface area (Å²) in [5.41, 5.74) is 0.775. The second-order valence-corrected chi connectivity index (χ2v) is 4.66. The van der Waals surface area contributed by atoms with Gasteiger partial charge in [-0.2, -0.15) is 0 Å². The average molecular weight is 308 g/mol. The molecule has 0 radical (unpaired) electrons. The van der Waals surface area contributed by atoms with E-state index in [2.05, 4.69) is 15.3 Å². The summed E-state index contributed by atoms with van der Waals surface area (Å²) in [4.78, 5) is 8.34. The third-order valence-corrected chi connectivity index (χ3v) is 2.82. The molecule has 5 nitrogen and oxygen atoms in total. The van der Waals surface area contributed by atoms with Crippen molar-refractivity contribution in [3.05, 3.63) is 35.2 Å². The second-order valence-electron chi connectivity index (χ2n) is 4.27. The summed E-state index contributed by atoms with van der Waals surface area (Å²) in [5, 5.41) is 3.59. The van der Waals surface area contributed by atoms with Crippen molar-refractivity contribution in [2.45, 2.75) is 20.8 Å².